The second kappa shape index (κ2) is 9.21. The van der Waals surface area contributed by atoms with Crippen molar-refractivity contribution in [3.8, 4) is 0 Å². The number of esters is 1. The zero-order valence-corrected chi connectivity index (χ0v) is 9.11. The van der Waals surface area contributed by atoms with E-state index in [0.717, 1.165) is 18.1 Å². The molecule has 0 saturated carbocycles. The molecule has 0 unspecified atom stereocenters. The molecule has 0 amide bonds. The van der Waals surface area contributed by atoms with Crippen LogP contribution in [0.1, 0.15) is 19.8 Å². The molecule has 15 heavy (non-hydrogen) atoms. The summed E-state index contributed by atoms with van der Waals surface area (Å²) in [6, 6.07) is 0. The Balaban J connectivity index is 3.97. The number of allylic oxidation sites excluding steroid dienone is 2. The van der Waals surface area contributed by atoms with Gasteiger partial charge in [0.1, 0.15) is 0 Å². The van der Waals surface area contributed by atoms with Crippen LogP contribution in [0.25, 0.3) is 0 Å². The first kappa shape index (κ1) is 13.7. The van der Waals surface area contributed by atoms with Crippen molar-refractivity contribution in [2.45, 2.75) is 19.8 Å². The van der Waals surface area contributed by atoms with E-state index in [4.69, 9.17) is 9.84 Å². The fourth-order valence-electron chi connectivity index (χ4n) is 1.05. The van der Waals surface area contributed by atoms with Gasteiger partial charge in [-0.05, 0) is 12.0 Å². The Labute approximate surface area is 90.8 Å². The first-order valence-corrected chi connectivity index (χ1v) is 5.00. The molecule has 0 aliphatic rings. The minimum Gasteiger partial charge on any atom is -0.462 e. The van der Waals surface area contributed by atoms with Crippen molar-refractivity contribution >= 4 is 5.97 Å². The molecule has 0 heterocycles. The minimum absolute atomic E-state index is 0.0213. The van der Waals surface area contributed by atoms with Crippen molar-refractivity contribution in [1.82, 2.24) is 0 Å². The van der Waals surface area contributed by atoms with Crippen LogP contribution >= 0.6 is 0 Å². The van der Waals surface area contributed by atoms with Crippen molar-refractivity contribution in [1.29, 1.82) is 0 Å². The normalized spacial score (nSPS) is 11.7. The zero-order chi connectivity index (χ0) is 11.5. The highest BCUT2D eigenvalue weighted by molar-refractivity contribution is 5.81. The Morgan fingerprint density at radius 2 is 2.27 bits per heavy atom. The monoisotopic (exact) mass is 210 g/mol. The molecule has 84 valence electrons. The molecule has 0 aromatic carbocycles. The summed E-state index contributed by atoms with van der Waals surface area (Å²) in [6.07, 6.45) is 8.26. The third-order valence-corrected chi connectivity index (χ3v) is 1.71. The van der Waals surface area contributed by atoms with E-state index in [1.165, 1.54) is 0 Å². The molecular formula is C12H18O3. The first-order chi connectivity index (χ1) is 7.24. The summed E-state index contributed by atoms with van der Waals surface area (Å²) in [5.41, 5.74) is 1.06. The molecular weight excluding hydrogens is 192 g/mol. The lowest BCUT2D eigenvalue weighted by Gasteiger charge is -2.03. The molecule has 0 saturated heterocycles. The van der Waals surface area contributed by atoms with E-state index in [2.05, 4.69) is 6.58 Å². The molecule has 0 spiro atoms. The fourth-order valence-corrected chi connectivity index (χ4v) is 1.05. The van der Waals surface area contributed by atoms with E-state index < -0.39 is 5.97 Å². The van der Waals surface area contributed by atoms with Crippen LogP contribution in [0.3, 0.4) is 0 Å². The molecule has 0 rings (SSSR count). The highest BCUT2D eigenvalue weighted by Gasteiger charge is 1.96. The number of aliphatic hydroxyl groups is 1. The summed E-state index contributed by atoms with van der Waals surface area (Å²) < 4.78 is 4.85. The van der Waals surface area contributed by atoms with Gasteiger partial charge in [-0.25, -0.2) is 4.79 Å². The van der Waals surface area contributed by atoms with Gasteiger partial charge in [-0.1, -0.05) is 31.7 Å². The summed E-state index contributed by atoms with van der Waals surface area (Å²) in [7, 11) is 0. The lowest BCUT2D eigenvalue weighted by Crippen LogP contribution is -2.02. The highest BCUT2D eigenvalue weighted by Crippen LogP contribution is 2.05. The number of hydrogen-bond donors (Lipinski definition) is 1. The molecule has 0 fully saturated rings. The molecule has 3 nitrogen and oxygen atoms in total. The lowest BCUT2D eigenvalue weighted by molar-refractivity contribution is -0.137. The maximum Gasteiger partial charge on any atom is 0.330 e. The molecule has 0 aliphatic carbocycles. The van der Waals surface area contributed by atoms with Gasteiger partial charge in [-0.15, -0.1) is 0 Å². The van der Waals surface area contributed by atoms with E-state index in [1.807, 2.05) is 19.1 Å². The Morgan fingerprint density at radius 1 is 1.53 bits per heavy atom. The SMILES string of the molecule is C=CC(=O)OCCC(/C=C\CO)=C/CC. The molecule has 0 aliphatic heterocycles. The molecule has 1 N–H and O–H groups in total. The molecule has 0 aromatic rings. The maximum atomic E-state index is 10.7. The number of aliphatic hydroxyl groups excluding tert-OH is 1. The zero-order valence-electron chi connectivity index (χ0n) is 9.11. The van der Waals surface area contributed by atoms with E-state index >= 15 is 0 Å². The minimum atomic E-state index is -0.406. The van der Waals surface area contributed by atoms with Crippen molar-refractivity contribution in [3.63, 3.8) is 0 Å². The van der Waals surface area contributed by atoms with Crippen LogP contribution in [0, 0.1) is 0 Å². The van der Waals surface area contributed by atoms with E-state index in [9.17, 15) is 4.79 Å². The number of hydrogen-bond acceptors (Lipinski definition) is 3. The number of ether oxygens (including phenoxy) is 1. The van der Waals surface area contributed by atoms with Gasteiger partial charge in [-0.3, -0.25) is 0 Å². The van der Waals surface area contributed by atoms with Crippen molar-refractivity contribution < 1.29 is 14.6 Å². The number of carbonyl (C=O) groups excluding carboxylic acids is 1. The molecule has 0 aromatic heterocycles. The topological polar surface area (TPSA) is 46.5 Å². The van der Waals surface area contributed by atoms with Crippen LogP contribution in [0.4, 0.5) is 0 Å². The van der Waals surface area contributed by atoms with Gasteiger partial charge in [-0.2, -0.15) is 0 Å². The van der Waals surface area contributed by atoms with Crippen LogP contribution in [-0.4, -0.2) is 24.3 Å². The standard InChI is InChI=1S/C12H18O3/c1-3-6-11(7-5-9-13)8-10-15-12(14)4-2/h4-7,13H,2-3,8-10H2,1H3/b7-5-,11-6+. The summed E-state index contributed by atoms with van der Waals surface area (Å²) in [6.45, 7) is 5.70. The third-order valence-electron chi connectivity index (χ3n) is 1.71. The summed E-state index contributed by atoms with van der Waals surface area (Å²) >= 11 is 0. The summed E-state index contributed by atoms with van der Waals surface area (Å²) in [5, 5.41) is 8.62. The van der Waals surface area contributed by atoms with Crippen LogP contribution in [-0.2, 0) is 9.53 Å². The predicted molar refractivity (Wildman–Crippen MR) is 60.4 cm³/mol. The average molecular weight is 210 g/mol. The highest BCUT2D eigenvalue weighted by atomic mass is 16.5. The van der Waals surface area contributed by atoms with Gasteiger partial charge in [0.05, 0.1) is 13.2 Å². The Kier molecular flexibility index (Phi) is 8.39. The Hall–Kier alpha value is -1.35. The van der Waals surface area contributed by atoms with Crippen LogP contribution in [0.5, 0.6) is 0 Å². The van der Waals surface area contributed by atoms with Crippen LogP contribution < -0.4 is 0 Å². The number of carbonyl (C=O) groups is 1. The molecule has 0 atom stereocenters. The van der Waals surface area contributed by atoms with Gasteiger partial charge >= 0.3 is 5.97 Å². The summed E-state index contributed by atoms with van der Waals surface area (Å²) in [4.78, 5) is 10.7. The molecule has 0 radical (unpaired) electrons. The smallest absolute Gasteiger partial charge is 0.330 e. The Morgan fingerprint density at radius 3 is 2.80 bits per heavy atom. The molecule has 3 heteroatoms. The predicted octanol–water partition coefficient (Wildman–Crippen LogP) is 1.99. The van der Waals surface area contributed by atoms with Crippen molar-refractivity contribution in [2.75, 3.05) is 13.2 Å². The quantitative estimate of drug-likeness (QED) is 0.397. The van der Waals surface area contributed by atoms with Crippen molar-refractivity contribution in [2.24, 2.45) is 0 Å². The lowest BCUT2D eigenvalue weighted by atomic mass is 10.1. The van der Waals surface area contributed by atoms with Gasteiger partial charge in [0.2, 0.25) is 0 Å². The van der Waals surface area contributed by atoms with Gasteiger partial charge in [0.25, 0.3) is 0 Å². The summed E-state index contributed by atoms with van der Waals surface area (Å²) in [5.74, 6) is -0.406. The van der Waals surface area contributed by atoms with Gasteiger partial charge in [0.15, 0.2) is 0 Å². The second-order valence-electron chi connectivity index (χ2n) is 2.89. The average Bonchev–Trinajstić information content (AvgIpc) is 2.25. The van der Waals surface area contributed by atoms with Gasteiger partial charge < -0.3 is 9.84 Å². The van der Waals surface area contributed by atoms with E-state index in [1.54, 1.807) is 6.08 Å². The van der Waals surface area contributed by atoms with Gasteiger partial charge in [0, 0.05) is 12.5 Å². The van der Waals surface area contributed by atoms with Crippen LogP contribution in [0.2, 0.25) is 0 Å². The number of rotatable bonds is 7. The van der Waals surface area contributed by atoms with Crippen molar-refractivity contribution in [3.05, 3.63) is 36.5 Å². The first-order valence-electron chi connectivity index (χ1n) is 5.00. The second-order valence-corrected chi connectivity index (χ2v) is 2.89. The largest absolute Gasteiger partial charge is 0.462 e. The maximum absolute atomic E-state index is 10.7. The molecule has 0 bridgehead atoms. The fraction of sp³-hybridized carbons (Fsp3) is 0.417. The Bertz CT molecular complexity index is 252. The van der Waals surface area contributed by atoms with E-state index in [-0.39, 0.29) is 6.61 Å². The van der Waals surface area contributed by atoms with Crippen LogP contribution in [0.15, 0.2) is 36.5 Å². The van der Waals surface area contributed by atoms with E-state index in [0.29, 0.717) is 13.0 Å². The third kappa shape index (κ3) is 7.70.